The lowest BCUT2D eigenvalue weighted by Crippen LogP contribution is -2.48. The molecule has 0 radical (unpaired) electrons. The number of hydrogen-bond acceptors (Lipinski definition) is 2. The van der Waals surface area contributed by atoms with Crippen molar-refractivity contribution in [2.24, 2.45) is 22.7 Å². The zero-order chi connectivity index (χ0) is 16.4. The normalized spacial score (nSPS) is 35.5. The van der Waals surface area contributed by atoms with Gasteiger partial charge in [-0.25, -0.2) is 0 Å². The smallest absolute Gasteiger partial charge is 0.149 e. The minimum atomic E-state index is -0.100. The molecule has 0 spiro atoms. The second-order valence-corrected chi connectivity index (χ2v) is 7.94. The predicted molar refractivity (Wildman–Crippen MR) is 91.5 cm³/mol. The van der Waals surface area contributed by atoms with Crippen molar-refractivity contribution in [3.63, 3.8) is 0 Å². The molecule has 122 valence electrons. The van der Waals surface area contributed by atoms with Gasteiger partial charge in [0, 0.05) is 11.5 Å². The van der Waals surface area contributed by atoms with Crippen LogP contribution in [0.5, 0.6) is 0 Å². The molecule has 2 aliphatic carbocycles. The number of hydrogen-bond donors (Lipinski definition) is 1. The van der Waals surface area contributed by atoms with Gasteiger partial charge in [0.15, 0.2) is 0 Å². The molecule has 0 heterocycles. The molecular weight excluding hydrogens is 272 g/mol. The van der Waals surface area contributed by atoms with Crippen molar-refractivity contribution in [1.29, 1.82) is 0 Å². The molecule has 2 saturated carbocycles. The number of carbonyl (C=O) groups is 1. The van der Waals surface area contributed by atoms with Crippen molar-refractivity contribution in [2.45, 2.75) is 52.9 Å². The van der Waals surface area contributed by atoms with Crippen molar-refractivity contribution in [1.82, 2.24) is 0 Å². The Morgan fingerprint density at radius 3 is 2.73 bits per heavy atom. The number of aliphatic hydroxyl groups excluding tert-OH is 1. The maximum atomic E-state index is 11.1. The van der Waals surface area contributed by atoms with Crippen LogP contribution in [0, 0.1) is 22.7 Å². The monoisotopic (exact) mass is 302 g/mol. The first kappa shape index (κ1) is 17.2. The molecule has 0 aliphatic heterocycles. The van der Waals surface area contributed by atoms with E-state index in [9.17, 15) is 4.79 Å². The second-order valence-electron chi connectivity index (χ2n) is 7.94. The highest BCUT2D eigenvalue weighted by molar-refractivity contribution is 5.77. The standard InChI is InChI=1S/C20H30O2/c1-15-6-9-18-19(2,3)11-5-12-20(18,4)17(15)8-7-16(14-22)10-13-21/h7-8,10,14,17-18,21H,1,5-6,9,11-13H2,2-4H3/b8-7+,16-10+/t17-,18-,20+/m0/s1. The van der Waals surface area contributed by atoms with Gasteiger partial charge in [-0.3, -0.25) is 4.79 Å². The Labute approximate surface area is 135 Å². The summed E-state index contributed by atoms with van der Waals surface area (Å²) in [5.41, 5.74) is 2.47. The number of rotatable bonds is 4. The van der Waals surface area contributed by atoms with Gasteiger partial charge in [-0.15, -0.1) is 0 Å². The molecule has 2 rings (SSSR count). The fraction of sp³-hybridized carbons (Fsp3) is 0.650. The highest BCUT2D eigenvalue weighted by atomic mass is 16.2. The lowest BCUT2D eigenvalue weighted by Gasteiger charge is -2.57. The number of carbonyl (C=O) groups excluding carboxylic acids is 1. The van der Waals surface area contributed by atoms with E-state index in [0.717, 1.165) is 12.7 Å². The third kappa shape index (κ3) is 3.12. The van der Waals surface area contributed by atoms with E-state index in [4.69, 9.17) is 5.11 Å². The molecule has 2 fully saturated rings. The molecule has 0 unspecified atom stereocenters. The third-order valence-corrected chi connectivity index (χ3v) is 6.12. The Morgan fingerprint density at radius 1 is 1.36 bits per heavy atom. The van der Waals surface area contributed by atoms with E-state index >= 15 is 0 Å². The number of aldehydes is 1. The van der Waals surface area contributed by atoms with Gasteiger partial charge in [-0.2, -0.15) is 0 Å². The lowest BCUT2D eigenvalue weighted by atomic mass is 9.47. The quantitative estimate of drug-likeness (QED) is 0.360. The summed E-state index contributed by atoms with van der Waals surface area (Å²) in [6, 6.07) is 0. The first-order valence-electron chi connectivity index (χ1n) is 8.47. The second kappa shape index (κ2) is 6.54. The molecule has 0 aromatic carbocycles. The summed E-state index contributed by atoms with van der Waals surface area (Å²) in [5.74, 6) is 1.03. The maximum Gasteiger partial charge on any atom is 0.149 e. The Balaban J connectivity index is 2.32. The Hall–Kier alpha value is -1.15. The summed E-state index contributed by atoms with van der Waals surface area (Å²) in [4.78, 5) is 11.1. The molecule has 3 atom stereocenters. The molecule has 0 aromatic heterocycles. The number of aliphatic hydroxyl groups is 1. The number of allylic oxidation sites excluding steroid dienone is 4. The zero-order valence-electron chi connectivity index (χ0n) is 14.3. The van der Waals surface area contributed by atoms with Gasteiger partial charge >= 0.3 is 0 Å². The Morgan fingerprint density at radius 2 is 2.09 bits per heavy atom. The van der Waals surface area contributed by atoms with Crippen LogP contribution >= 0.6 is 0 Å². The largest absolute Gasteiger partial charge is 0.392 e. The molecule has 0 saturated heterocycles. The summed E-state index contributed by atoms with van der Waals surface area (Å²) in [5, 5.41) is 8.98. The molecule has 22 heavy (non-hydrogen) atoms. The van der Waals surface area contributed by atoms with Gasteiger partial charge in [-0.1, -0.05) is 51.5 Å². The first-order chi connectivity index (χ1) is 10.3. The molecule has 0 aromatic rings. The van der Waals surface area contributed by atoms with E-state index in [2.05, 4.69) is 33.4 Å². The summed E-state index contributed by atoms with van der Waals surface area (Å²) in [6.07, 6.45) is 12.5. The summed E-state index contributed by atoms with van der Waals surface area (Å²) in [6.45, 7) is 11.5. The van der Waals surface area contributed by atoms with Crippen LogP contribution in [0.1, 0.15) is 52.9 Å². The SMILES string of the molecule is C=C1CC[C@H]2C(C)(C)CCC[C@]2(C)[C@H]1/C=C/C(C=O)=C\CO. The summed E-state index contributed by atoms with van der Waals surface area (Å²) >= 11 is 0. The van der Waals surface area contributed by atoms with Crippen LogP contribution in [-0.4, -0.2) is 18.0 Å². The number of fused-ring (bicyclic) bond motifs is 1. The molecule has 1 N–H and O–H groups in total. The maximum absolute atomic E-state index is 11.1. The fourth-order valence-corrected chi connectivity index (χ4v) is 5.03. The highest BCUT2D eigenvalue weighted by Crippen LogP contribution is 2.61. The van der Waals surface area contributed by atoms with Crippen LogP contribution in [0.3, 0.4) is 0 Å². The van der Waals surface area contributed by atoms with Crippen LogP contribution in [0.4, 0.5) is 0 Å². The van der Waals surface area contributed by atoms with Crippen LogP contribution < -0.4 is 0 Å². The molecule has 2 aliphatic rings. The van der Waals surface area contributed by atoms with Gasteiger partial charge in [0.2, 0.25) is 0 Å². The Bertz CT molecular complexity index is 498. The average molecular weight is 302 g/mol. The van der Waals surface area contributed by atoms with Crippen molar-refractivity contribution >= 4 is 6.29 Å². The average Bonchev–Trinajstić information content (AvgIpc) is 2.44. The molecule has 2 heteroatoms. The van der Waals surface area contributed by atoms with Crippen LogP contribution in [-0.2, 0) is 4.79 Å². The summed E-state index contributed by atoms with van der Waals surface area (Å²) < 4.78 is 0. The van der Waals surface area contributed by atoms with Gasteiger partial charge < -0.3 is 5.11 Å². The summed E-state index contributed by atoms with van der Waals surface area (Å²) in [7, 11) is 0. The van der Waals surface area contributed by atoms with Gasteiger partial charge in [0.25, 0.3) is 0 Å². The molecular formula is C20H30O2. The van der Waals surface area contributed by atoms with Crippen LogP contribution in [0.15, 0.2) is 36.0 Å². The van der Waals surface area contributed by atoms with E-state index in [1.54, 1.807) is 6.08 Å². The topological polar surface area (TPSA) is 37.3 Å². The molecule has 0 amide bonds. The minimum absolute atomic E-state index is 0.100. The van der Waals surface area contributed by atoms with E-state index in [0.29, 0.717) is 22.8 Å². The zero-order valence-corrected chi connectivity index (χ0v) is 14.3. The predicted octanol–water partition coefficient (Wildman–Crippen LogP) is 4.46. The van der Waals surface area contributed by atoms with E-state index in [1.807, 2.05) is 6.08 Å². The Kier molecular flexibility index (Phi) is 5.11. The van der Waals surface area contributed by atoms with Gasteiger partial charge in [0.1, 0.15) is 6.29 Å². The molecule has 0 bridgehead atoms. The van der Waals surface area contributed by atoms with E-state index < -0.39 is 0 Å². The van der Waals surface area contributed by atoms with Crippen molar-refractivity contribution in [3.05, 3.63) is 36.0 Å². The van der Waals surface area contributed by atoms with E-state index in [1.165, 1.54) is 31.3 Å². The van der Waals surface area contributed by atoms with Crippen LogP contribution in [0.2, 0.25) is 0 Å². The van der Waals surface area contributed by atoms with Gasteiger partial charge in [0.05, 0.1) is 6.61 Å². The van der Waals surface area contributed by atoms with Gasteiger partial charge in [-0.05, 0) is 48.5 Å². The minimum Gasteiger partial charge on any atom is -0.392 e. The highest BCUT2D eigenvalue weighted by Gasteiger charge is 2.52. The molecule has 2 nitrogen and oxygen atoms in total. The van der Waals surface area contributed by atoms with E-state index in [-0.39, 0.29) is 12.0 Å². The fourth-order valence-electron chi connectivity index (χ4n) is 5.03. The lowest BCUT2D eigenvalue weighted by molar-refractivity contribution is -0.104. The third-order valence-electron chi connectivity index (χ3n) is 6.12. The van der Waals surface area contributed by atoms with Crippen molar-refractivity contribution in [2.75, 3.05) is 6.61 Å². The van der Waals surface area contributed by atoms with Crippen LogP contribution in [0.25, 0.3) is 0 Å². The van der Waals surface area contributed by atoms with Crippen molar-refractivity contribution < 1.29 is 9.90 Å². The first-order valence-corrected chi connectivity index (χ1v) is 8.47. The van der Waals surface area contributed by atoms with Crippen molar-refractivity contribution in [3.8, 4) is 0 Å².